The average Bonchev–Trinajstić information content (AvgIpc) is 3.24. The van der Waals surface area contributed by atoms with E-state index in [1.807, 2.05) is 0 Å². The first-order valence-electron chi connectivity index (χ1n) is 7.60. The molecule has 0 amide bonds. The molecule has 1 N–H and O–H groups in total. The number of ether oxygens (including phenoxy) is 1. The van der Waals surface area contributed by atoms with Gasteiger partial charge in [-0.25, -0.2) is 0 Å². The summed E-state index contributed by atoms with van der Waals surface area (Å²) in [6.07, 6.45) is -0.212. The molecular weight excluding hydrogens is 383 g/mol. The maximum atomic E-state index is 12.1. The standard InChI is InChI=1S/C18H12F3NO4S/c19-18(20,21)10-26-12-5-3-11(4-6-12)8-15-17(24)22-16(27-15)9-13(23)14-2-1-7-25-14/h1-9H,10H2,(H,22,24)/b15-8+,16-9+. The molecule has 2 aromatic heterocycles. The topological polar surface area (TPSA) is 72.3 Å². The van der Waals surface area contributed by atoms with Gasteiger partial charge in [-0.2, -0.15) is 13.2 Å². The van der Waals surface area contributed by atoms with Crippen LogP contribution < -0.4 is 19.5 Å². The number of rotatable bonds is 5. The highest BCUT2D eigenvalue weighted by molar-refractivity contribution is 7.07. The smallest absolute Gasteiger partial charge is 0.422 e. The Morgan fingerprint density at radius 2 is 1.96 bits per heavy atom. The molecule has 0 aliphatic rings. The lowest BCUT2D eigenvalue weighted by Crippen LogP contribution is -2.20. The van der Waals surface area contributed by atoms with Gasteiger partial charge >= 0.3 is 6.18 Å². The van der Waals surface area contributed by atoms with Crippen molar-refractivity contribution in [1.29, 1.82) is 0 Å². The largest absolute Gasteiger partial charge is 0.484 e. The molecule has 27 heavy (non-hydrogen) atoms. The lowest BCUT2D eigenvalue weighted by Gasteiger charge is -2.08. The van der Waals surface area contributed by atoms with Crippen molar-refractivity contribution in [3.05, 3.63) is 73.5 Å². The number of ketones is 1. The van der Waals surface area contributed by atoms with Crippen molar-refractivity contribution >= 4 is 29.3 Å². The van der Waals surface area contributed by atoms with E-state index in [4.69, 9.17) is 4.42 Å². The molecule has 3 rings (SSSR count). The number of hydrogen-bond acceptors (Lipinski definition) is 5. The third-order valence-electron chi connectivity index (χ3n) is 3.29. The summed E-state index contributed by atoms with van der Waals surface area (Å²) in [5.41, 5.74) is 0.224. The quantitative estimate of drug-likeness (QED) is 0.674. The van der Waals surface area contributed by atoms with Crippen LogP contribution in [0.1, 0.15) is 16.1 Å². The second-order valence-corrected chi connectivity index (χ2v) is 6.47. The van der Waals surface area contributed by atoms with Crippen LogP contribution in [0, 0.1) is 0 Å². The van der Waals surface area contributed by atoms with Gasteiger partial charge in [0.05, 0.1) is 15.5 Å². The van der Waals surface area contributed by atoms with Gasteiger partial charge in [-0.05, 0) is 35.9 Å². The summed E-state index contributed by atoms with van der Waals surface area (Å²) in [5, 5.41) is 0. The molecule has 0 aliphatic carbocycles. The van der Waals surface area contributed by atoms with Crippen LogP contribution in [0.4, 0.5) is 13.2 Å². The van der Waals surface area contributed by atoms with E-state index in [9.17, 15) is 22.8 Å². The molecule has 2 heterocycles. The molecule has 5 nitrogen and oxygen atoms in total. The third kappa shape index (κ3) is 5.20. The number of aromatic amines is 1. The van der Waals surface area contributed by atoms with Crippen molar-refractivity contribution in [1.82, 2.24) is 4.98 Å². The van der Waals surface area contributed by atoms with Gasteiger partial charge < -0.3 is 14.1 Å². The number of furan rings is 1. The van der Waals surface area contributed by atoms with Crippen LogP contribution in [0.3, 0.4) is 0 Å². The second-order valence-electron chi connectivity index (χ2n) is 5.39. The molecule has 0 bridgehead atoms. The molecule has 0 radical (unpaired) electrons. The van der Waals surface area contributed by atoms with E-state index in [-0.39, 0.29) is 22.9 Å². The zero-order valence-corrected chi connectivity index (χ0v) is 14.4. The molecule has 0 aliphatic heterocycles. The number of alkyl halides is 3. The van der Waals surface area contributed by atoms with Crippen LogP contribution in [0.25, 0.3) is 12.2 Å². The Morgan fingerprint density at radius 3 is 2.59 bits per heavy atom. The van der Waals surface area contributed by atoms with E-state index in [2.05, 4.69) is 9.72 Å². The Kier molecular flexibility index (Phi) is 5.31. The fraction of sp³-hybridized carbons (Fsp3) is 0.111. The normalized spacial score (nSPS) is 13.1. The second kappa shape index (κ2) is 7.67. The molecule has 1 aromatic carbocycles. The van der Waals surface area contributed by atoms with Crippen molar-refractivity contribution in [2.45, 2.75) is 6.18 Å². The Bertz CT molecular complexity index is 1090. The monoisotopic (exact) mass is 395 g/mol. The molecule has 140 valence electrons. The van der Waals surface area contributed by atoms with Crippen molar-refractivity contribution < 1.29 is 27.1 Å². The first-order chi connectivity index (χ1) is 12.8. The minimum Gasteiger partial charge on any atom is -0.484 e. The van der Waals surface area contributed by atoms with Crippen LogP contribution in [-0.4, -0.2) is 23.6 Å². The van der Waals surface area contributed by atoms with Crippen molar-refractivity contribution in [2.75, 3.05) is 6.61 Å². The number of aromatic nitrogens is 1. The molecule has 3 aromatic rings. The Hall–Kier alpha value is -3.07. The Balaban J connectivity index is 1.80. The number of nitrogens with one attached hydrogen (secondary N) is 1. The molecule has 0 saturated carbocycles. The van der Waals surface area contributed by atoms with Gasteiger partial charge in [0.1, 0.15) is 5.75 Å². The van der Waals surface area contributed by atoms with Gasteiger partial charge in [-0.1, -0.05) is 12.1 Å². The molecule has 0 spiro atoms. The first-order valence-corrected chi connectivity index (χ1v) is 8.42. The van der Waals surface area contributed by atoms with Crippen molar-refractivity contribution in [3.63, 3.8) is 0 Å². The Labute approximate surface area is 154 Å². The summed E-state index contributed by atoms with van der Waals surface area (Å²) in [6.45, 7) is -1.37. The zero-order valence-electron chi connectivity index (χ0n) is 13.6. The lowest BCUT2D eigenvalue weighted by molar-refractivity contribution is -0.153. The predicted octanol–water partition coefficient (Wildman–Crippen LogP) is 2.46. The van der Waals surface area contributed by atoms with E-state index in [0.717, 1.165) is 11.3 Å². The van der Waals surface area contributed by atoms with Crippen molar-refractivity contribution in [2.24, 2.45) is 0 Å². The van der Waals surface area contributed by atoms with Gasteiger partial charge in [0.15, 0.2) is 12.4 Å². The zero-order chi connectivity index (χ0) is 19.4. The summed E-state index contributed by atoms with van der Waals surface area (Å²) in [5.74, 6) is -0.151. The summed E-state index contributed by atoms with van der Waals surface area (Å²) in [7, 11) is 0. The van der Waals surface area contributed by atoms with Gasteiger partial charge in [0, 0.05) is 6.08 Å². The van der Waals surface area contributed by atoms with Crippen molar-refractivity contribution in [3.8, 4) is 5.75 Å². The van der Waals surface area contributed by atoms with E-state index in [1.54, 1.807) is 12.1 Å². The molecule has 0 unspecified atom stereocenters. The van der Waals surface area contributed by atoms with E-state index < -0.39 is 12.8 Å². The highest BCUT2D eigenvalue weighted by atomic mass is 32.1. The first kappa shape index (κ1) is 18.7. The summed E-state index contributed by atoms with van der Waals surface area (Å²) >= 11 is 1.08. The van der Waals surface area contributed by atoms with Crippen LogP contribution in [0.5, 0.6) is 5.75 Å². The van der Waals surface area contributed by atoms with Crippen LogP contribution in [0.15, 0.2) is 51.9 Å². The predicted molar refractivity (Wildman–Crippen MR) is 93.3 cm³/mol. The number of hydrogen-bond donors (Lipinski definition) is 1. The number of H-pyrrole nitrogens is 1. The maximum absolute atomic E-state index is 12.1. The minimum absolute atomic E-state index is 0.0719. The summed E-state index contributed by atoms with van der Waals surface area (Å²) in [6, 6.07) is 8.92. The number of thiazole rings is 1. The highest BCUT2D eigenvalue weighted by Gasteiger charge is 2.28. The molecule has 0 fully saturated rings. The molecule has 9 heteroatoms. The van der Waals surface area contributed by atoms with E-state index in [0.29, 0.717) is 14.8 Å². The van der Waals surface area contributed by atoms with Gasteiger partial charge in [-0.15, -0.1) is 11.3 Å². The number of halogens is 3. The highest BCUT2D eigenvalue weighted by Crippen LogP contribution is 2.18. The number of carbonyl (C=O) groups excluding carboxylic acids is 1. The maximum Gasteiger partial charge on any atom is 0.422 e. The number of carbonyl (C=O) groups is 1. The van der Waals surface area contributed by atoms with Gasteiger partial charge in [-0.3, -0.25) is 9.59 Å². The van der Waals surface area contributed by atoms with E-state index >= 15 is 0 Å². The molecule has 0 atom stereocenters. The minimum atomic E-state index is -4.41. The molecule has 0 saturated heterocycles. The number of Topliss-reactive ketones (excluding diaryl/α,β-unsaturated/α-hetero) is 1. The fourth-order valence-corrected chi connectivity index (χ4v) is 3.00. The average molecular weight is 395 g/mol. The van der Waals surface area contributed by atoms with Crippen LogP contribution in [0.2, 0.25) is 0 Å². The fourth-order valence-electron chi connectivity index (χ4n) is 2.11. The van der Waals surface area contributed by atoms with E-state index in [1.165, 1.54) is 42.7 Å². The Morgan fingerprint density at radius 1 is 1.22 bits per heavy atom. The SMILES string of the molecule is O=C(/C=c1\[nH]c(=O)/c(=C\c2ccc(OCC(F)(F)F)cc2)s1)c1ccco1. The van der Waals surface area contributed by atoms with Gasteiger partial charge in [0.25, 0.3) is 5.56 Å². The lowest BCUT2D eigenvalue weighted by atomic mass is 10.2. The molecular formula is C18H12F3NO4S. The van der Waals surface area contributed by atoms with Crippen LogP contribution >= 0.6 is 11.3 Å². The van der Waals surface area contributed by atoms with Crippen LogP contribution in [-0.2, 0) is 0 Å². The van der Waals surface area contributed by atoms with Gasteiger partial charge in [0.2, 0.25) is 5.78 Å². The summed E-state index contributed by atoms with van der Waals surface area (Å²) in [4.78, 5) is 26.5. The summed E-state index contributed by atoms with van der Waals surface area (Å²) < 4.78 is 46.7. The number of benzene rings is 1. The third-order valence-corrected chi connectivity index (χ3v) is 4.25.